The van der Waals surface area contributed by atoms with Crippen LogP contribution in [0.15, 0.2) is 41.7 Å². The Morgan fingerprint density at radius 2 is 2.14 bits per heavy atom. The van der Waals surface area contributed by atoms with Crippen LogP contribution in [0.3, 0.4) is 0 Å². The van der Waals surface area contributed by atoms with E-state index in [9.17, 15) is 8.42 Å². The van der Waals surface area contributed by atoms with Crippen molar-refractivity contribution < 1.29 is 8.42 Å². The Hall–Kier alpha value is -2.14. The van der Waals surface area contributed by atoms with Crippen LogP contribution in [0.4, 0.5) is 0 Å². The van der Waals surface area contributed by atoms with Crippen LogP contribution in [-0.2, 0) is 16.4 Å². The van der Waals surface area contributed by atoms with Gasteiger partial charge in [-0.05, 0) is 12.1 Å². The Balaban J connectivity index is 2.12. The average Bonchev–Trinajstić information content (AvgIpc) is 2.98. The number of imidazole rings is 1. The van der Waals surface area contributed by atoms with Crippen LogP contribution in [0.1, 0.15) is 11.3 Å². The molecule has 1 aromatic heterocycles. The topological polar surface area (TPSA) is 101 Å². The third-order valence-corrected chi connectivity index (χ3v) is 4.26. The molecule has 0 unspecified atom stereocenters. The molecule has 0 fully saturated rings. The van der Waals surface area contributed by atoms with Gasteiger partial charge in [-0.15, -0.1) is 0 Å². The van der Waals surface area contributed by atoms with Gasteiger partial charge in [-0.1, -0.05) is 24.0 Å². The molecule has 0 aliphatic rings. The number of sulfonamides is 1. The Kier molecular flexibility index (Phi) is 5.11. The molecule has 110 valence electrons. The zero-order chi connectivity index (χ0) is 15.1. The van der Waals surface area contributed by atoms with Crippen molar-refractivity contribution in [3.05, 3.63) is 48.0 Å². The maximum absolute atomic E-state index is 12.3. The molecular weight excluding hydrogens is 288 g/mol. The molecule has 0 saturated carbocycles. The number of aromatic nitrogens is 2. The van der Waals surface area contributed by atoms with E-state index in [1.54, 1.807) is 30.7 Å². The fraction of sp³-hybridized carbons (Fsp3) is 0.214. The highest BCUT2D eigenvalue weighted by molar-refractivity contribution is 7.89. The summed E-state index contributed by atoms with van der Waals surface area (Å²) in [5.41, 5.74) is 6.63. The number of benzene rings is 1. The first-order valence-electron chi connectivity index (χ1n) is 6.38. The summed E-state index contributed by atoms with van der Waals surface area (Å²) in [4.78, 5) is 6.96. The summed E-state index contributed by atoms with van der Waals surface area (Å²) < 4.78 is 27.2. The Bertz CT molecular complexity index is 743. The fourth-order valence-electron chi connectivity index (χ4n) is 1.77. The minimum Gasteiger partial charge on any atom is -0.348 e. The number of rotatable bonds is 5. The second kappa shape index (κ2) is 7.04. The van der Waals surface area contributed by atoms with Crippen molar-refractivity contribution in [3.63, 3.8) is 0 Å². The zero-order valence-corrected chi connectivity index (χ0v) is 12.2. The van der Waals surface area contributed by atoms with Gasteiger partial charge in [-0.2, -0.15) is 0 Å². The monoisotopic (exact) mass is 304 g/mol. The molecule has 0 spiro atoms. The number of nitrogens with zero attached hydrogens (tertiary/aromatic N) is 1. The molecule has 1 heterocycles. The third-order valence-electron chi connectivity index (χ3n) is 2.74. The summed E-state index contributed by atoms with van der Waals surface area (Å²) in [6, 6.07) is 6.59. The largest absolute Gasteiger partial charge is 0.348 e. The Morgan fingerprint density at radius 1 is 1.33 bits per heavy atom. The maximum atomic E-state index is 12.3. The van der Waals surface area contributed by atoms with Crippen LogP contribution < -0.4 is 10.5 Å². The first-order valence-corrected chi connectivity index (χ1v) is 7.86. The van der Waals surface area contributed by atoms with Gasteiger partial charge < -0.3 is 10.7 Å². The number of hydrogen-bond donors (Lipinski definition) is 3. The average molecular weight is 304 g/mol. The van der Waals surface area contributed by atoms with Gasteiger partial charge in [0, 0.05) is 30.4 Å². The molecule has 0 bridgehead atoms. The van der Waals surface area contributed by atoms with Crippen molar-refractivity contribution in [2.24, 2.45) is 5.73 Å². The molecule has 7 heteroatoms. The second-order valence-electron chi connectivity index (χ2n) is 4.23. The van der Waals surface area contributed by atoms with E-state index in [0.717, 1.165) is 5.69 Å². The molecule has 2 aromatic rings. The Labute approximate surface area is 123 Å². The lowest BCUT2D eigenvalue weighted by Gasteiger charge is -2.08. The van der Waals surface area contributed by atoms with Crippen molar-refractivity contribution >= 4 is 10.0 Å². The van der Waals surface area contributed by atoms with Crippen LogP contribution >= 0.6 is 0 Å². The highest BCUT2D eigenvalue weighted by atomic mass is 32.2. The van der Waals surface area contributed by atoms with Gasteiger partial charge in [0.25, 0.3) is 0 Å². The van der Waals surface area contributed by atoms with Gasteiger partial charge in [-0.25, -0.2) is 18.1 Å². The van der Waals surface area contributed by atoms with E-state index in [4.69, 9.17) is 5.73 Å². The Morgan fingerprint density at radius 3 is 2.86 bits per heavy atom. The SMILES string of the molecule is NCC#Cc1ccccc1S(=O)(=O)NCCc1cnc[nH]1. The number of aromatic amines is 1. The van der Waals surface area contributed by atoms with E-state index >= 15 is 0 Å². The first kappa shape index (κ1) is 15.3. The molecule has 0 atom stereocenters. The summed E-state index contributed by atoms with van der Waals surface area (Å²) in [6.07, 6.45) is 3.76. The van der Waals surface area contributed by atoms with E-state index in [2.05, 4.69) is 26.5 Å². The van der Waals surface area contributed by atoms with Gasteiger partial charge in [0.2, 0.25) is 10.0 Å². The van der Waals surface area contributed by atoms with Crippen molar-refractivity contribution in [2.75, 3.05) is 13.1 Å². The van der Waals surface area contributed by atoms with Gasteiger partial charge in [-0.3, -0.25) is 0 Å². The predicted molar refractivity (Wildman–Crippen MR) is 79.9 cm³/mol. The molecule has 0 aliphatic carbocycles. The van der Waals surface area contributed by atoms with Crippen molar-refractivity contribution in [1.29, 1.82) is 0 Å². The lowest BCUT2D eigenvalue weighted by molar-refractivity contribution is 0.581. The summed E-state index contributed by atoms with van der Waals surface area (Å²) in [5.74, 6) is 5.44. The van der Waals surface area contributed by atoms with Crippen LogP contribution in [0.25, 0.3) is 0 Å². The normalized spacial score (nSPS) is 10.9. The van der Waals surface area contributed by atoms with Crippen LogP contribution in [0, 0.1) is 11.8 Å². The summed E-state index contributed by atoms with van der Waals surface area (Å²) in [7, 11) is -3.60. The molecule has 21 heavy (non-hydrogen) atoms. The quantitative estimate of drug-likeness (QED) is 0.689. The van der Waals surface area contributed by atoms with Gasteiger partial charge in [0.1, 0.15) is 0 Å². The molecular formula is C14H16N4O2S. The van der Waals surface area contributed by atoms with Crippen LogP contribution in [-0.4, -0.2) is 31.5 Å². The smallest absolute Gasteiger partial charge is 0.241 e. The summed E-state index contributed by atoms with van der Waals surface area (Å²) >= 11 is 0. The van der Waals surface area contributed by atoms with Gasteiger partial charge in [0.05, 0.1) is 17.8 Å². The maximum Gasteiger partial charge on any atom is 0.241 e. The van der Waals surface area contributed by atoms with Crippen molar-refractivity contribution in [3.8, 4) is 11.8 Å². The molecule has 0 aliphatic heterocycles. The van der Waals surface area contributed by atoms with E-state index in [-0.39, 0.29) is 18.0 Å². The van der Waals surface area contributed by atoms with Gasteiger partial charge in [0.15, 0.2) is 0 Å². The number of H-pyrrole nitrogens is 1. The van der Waals surface area contributed by atoms with Crippen LogP contribution in [0.2, 0.25) is 0 Å². The van der Waals surface area contributed by atoms with E-state index < -0.39 is 10.0 Å². The molecule has 0 amide bonds. The van der Waals surface area contributed by atoms with Crippen molar-refractivity contribution in [2.45, 2.75) is 11.3 Å². The number of hydrogen-bond acceptors (Lipinski definition) is 4. The highest BCUT2D eigenvalue weighted by Crippen LogP contribution is 2.14. The number of nitrogens with two attached hydrogens (primary N) is 1. The zero-order valence-electron chi connectivity index (χ0n) is 11.3. The molecule has 0 saturated heterocycles. The molecule has 4 N–H and O–H groups in total. The summed E-state index contributed by atoms with van der Waals surface area (Å²) in [6.45, 7) is 0.463. The second-order valence-corrected chi connectivity index (χ2v) is 5.96. The highest BCUT2D eigenvalue weighted by Gasteiger charge is 2.16. The van der Waals surface area contributed by atoms with E-state index in [0.29, 0.717) is 12.0 Å². The minimum absolute atomic E-state index is 0.163. The third kappa shape index (κ3) is 4.16. The fourth-order valence-corrected chi connectivity index (χ4v) is 2.96. The van der Waals surface area contributed by atoms with E-state index in [1.807, 2.05) is 0 Å². The van der Waals surface area contributed by atoms with Crippen LogP contribution in [0.5, 0.6) is 0 Å². The minimum atomic E-state index is -3.60. The predicted octanol–water partition coefficient (Wildman–Crippen LogP) is 0.241. The van der Waals surface area contributed by atoms with Gasteiger partial charge >= 0.3 is 0 Å². The van der Waals surface area contributed by atoms with E-state index in [1.165, 1.54) is 6.07 Å². The van der Waals surface area contributed by atoms with Crippen molar-refractivity contribution in [1.82, 2.24) is 14.7 Å². The lowest BCUT2D eigenvalue weighted by Crippen LogP contribution is -2.26. The lowest BCUT2D eigenvalue weighted by atomic mass is 10.2. The molecule has 2 rings (SSSR count). The molecule has 6 nitrogen and oxygen atoms in total. The number of nitrogens with one attached hydrogen (secondary N) is 2. The first-order chi connectivity index (χ1) is 10.1. The summed E-state index contributed by atoms with van der Waals surface area (Å²) in [5, 5.41) is 0. The molecule has 0 radical (unpaired) electrons. The molecule has 1 aromatic carbocycles. The standard InChI is InChI=1S/C14H16N4O2S/c15-8-3-5-12-4-1-2-6-14(12)21(19,20)18-9-7-13-10-16-11-17-13/h1-2,4,6,10-11,18H,7-9,15H2,(H,16,17).